The van der Waals surface area contributed by atoms with Gasteiger partial charge in [-0.3, -0.25) is 4.79 Å². The number of hydrogen-bond donors (Lipinski definition) is 0. The molecule has 0 unspecified atom stereocenters. The summed E-state index contributed by atoms with van der Waals surface area (Å²) >= 11 is 0. The number of carbonyl (C=O) groups is 1. The summed E-state index contributed by atoms with van der Waals surface area (Å²) in [6.07, 6.45) is 1.56. The Morgan fingerprint density at radius 2 is 1.64 bits per heavy atom. The zero-order valence-electron chi connectivity index (χ0n) is 14.6. The Morgan fingerprint density at radius 3 is 2.24 bits per heavy atom. The van der Waals surface area contributed by atoms with E-state index in [-0.39, 0.29) is 17.3 Å². The summed E-state index contributed by atoms with van der Waals surface area (Å²) in [6, 6.07) is 7.39. The summed E-state index contributed by atoms with van der Waals surface area (Å²) in [4.78, 5) is 16.7. The zero-order chi connectivity index (χ0) is 18.2. The lowest BCUT2D eigenvalue weighted by atomic mass is 10.1. The molecule has 3 rings (SSSR count). The second-order valence-electron chi connectivity index (χ2n) is 6.41. The van der Waals surface area contributed by atoms with Crippen molar-refractivity contribution in [2.45, 2.75) is 6.92 Å². The molecule has 0 aromatic heterocycles. The predicted octanol–water partition coefficient (Wildman–Crippen LogP) is 0.632. The number of amides is 1. The van der Waals surface area contributed by atoms with E-state index in [1.165, 1.54) is 7.05 Å². The fraction of sp³-hybridized carbons (Fsp3) is 0.412. The highest BCUT2D eigenvalue weighted by molar-refractivity contribution is 7.88. The van der Waals surface area contributed by atoms with Gasteiger partial charge in [0.1, 0.15) is 5.70 Å². The average molecular weight is 362 g/mol. The zero-order valence-corrected chi connectivity index (χ0v) is 15.5. The molecule has 0 radical (unpaired) electrons. The number of hydrogen-bond acceptors (Lipinski definition) is 4. The summed E-state index contributed by atoms with van der Waals surface area (Å²) in [6.45, 7) is 4.66. The van der Waals surface area contributed by atoms with Gasteiger partial charge >= 0.3 is 10.2 Å². The lowest BCUT2D eigenvalue weighted by Gasteiger charge is -2.34. The van der Waals surface area contributed by atoms with Crippen molar-refractivity contribution < 1.29 is 13.2 Å². The fourth-order valence-electron chi connectivity index (χ4n) is 2.78. The molecule has 2 aliphatic rings. The summed E-state index contributed by atoms with van der Waals surface area (Å²) in [5.41, 5.74) is 2.16. The Bertz CT molecular complexity index is 835. The van der Waals surface area contributed by atoms with Crippen LogP contribution in [0.25, 0.3) is 0 Å². The van der Waals surface area contributed by atoms with Crippen molar-refractivity contribution in [3.8, 4) is 0 Å². The fourth-order valence-corrected chi connectivity index (χ4v) is 3.69. The molecule has 0 bridgehead atoms. The lowest BCUT2D eigenvalue weighted by Crippen LogP contribution is -2.49. The highest BCUT2D eigenvalue weighted by Gasteiger charge is 2.33. The van der Waals surface area contributed by atoms with E-state index in [0.717, 1.165) is 23.0 Å². The maximum absolute atomic E-state index is 12.9. The Morgan fingerprint density at radius 1 is 1.04 bits per heavy atom. The summed E-state index contributed by atoms with van der Waals surface area (Å²) in [7, 11) is -0.551. The molecule has 1 amide bonds. The van der Waals surface area contributed by atoms with E-state index in [1.54, 1.807) is 11.0 Å². The van der Waals surface area contributed by atoms with Crippen LogP contribution in [0.2, 0.25) is 0 Å². The smallest absolute Gasteiger partial charge is 0.335 e. The monoisotopic (exact) mass is 362 g/mol. The third-order valence-corrected chi connectivity index (χ3v) is 5.85. The molecule has 8 heteroatoms. The maximum Gasteiger partial charge on any atom is 0.345 e. The molecule has 0 saturated carbocycles. The van der Waals surface area contributed by atoms with E-state index in [2.05, 4.69) is 9.30 Å². The van der Waals surface area contributed by atoms with Gasteiger partial charge < -0.3 is 9.80 Å². The van der Waals surface area contributed by atoms with Crippen LogP contribution in [0.1, 0.15) is 11.1 Å². The van der Waals surface area contributed by atoms with Crippen LogP contribution in [0, 0.1) is 6.92 Å². The van der Waals surface area contributed by atoms with Crippen molar-refractivity contribution in [1.29, 1.82) is 0 Å². The summed E-state index contributed by atoms with van der Waals surface area (Å²) < 4.78 is 29.6. The van der Waals surface area contributed by atoms with Crippen molar-refractivity contribution >= 4 is 21.8 Å². The minimum Gasteiger partial charge on any atom is -0.335 e. The SMILES string of the molecule is Cc1ccc(C2=NS(=O)(=O)N(C)C(C(=O)N3CCN(C)CC3)=C2)cc1. The molecule has 25 heavy (non-hydrogen) atoms. The maximum atomic E-state index is 12.9. The molecule has 1 aromatic rings. The van der Waals surface area contributed by atoms with Gasteiger partial charge in [0.2, 0.25) is 0 Å². The van der Waals surface area contributed by atoms with Gasteiger partial charge in [-0.1, -0.05) is 29.8 Å². The largest absolute Gasteiger partial charge is 0.345 e. The number of piperazine rings is 1. The van der Waals surface area contributed by atoms with Gasteiger partial charge in [0.25, 0.3) is 5.91 Å². The third-order valence-electron chi connectivity index (χ3n) is 4.53. The van der Waals surface area contributed by atoms with E-state index in [1.807, 2.05) is 38.2 Å². The standard InChI is InChI=1S/C17H22N4O3S/c1-13-4-6-14(7-5-13)15-12-16(20(3)25(23,24)18-15)17(22)21-10-8-19(2)9-11-21/h4-7,12H,8-11H2,1-3H3. The third kappa shape index (κ3) is 3.59. The summed E-state index contributed by atoms with van der Waals surface area (Å²) in [5.74, 6) is -0.279. The van der Waals surface area contributed by atoms with Gasteiger partial charge in [-0.15, -0.1) is 4.40 Å². The molecule has 0 atom stereocenters. The van der Waals surface area contributed by atoms with E-state index in [9.17, 15) is 13.2 Å². The van der Waals surface area contributed by atoms with Crippen molar-refractivity contribution in [2.75, 3.05) is 40.3 Å². The average Bonchev–Trinajstić information content (AvgIpc) is 2.58. The van der Waals surface area contributed by atoms with Gasteiger partial charge in [0.05, 0.1) is 5.71 Å². The lowest BCUT2D eigenvalue weighted by molar-refractivity contribution is -0.129. The van der Waals surface area contributed by atoms with Gasteiger partial charge in [0, 0.05) is 38.8 Å². The molecular formula is C17H22N4O3S. The molecule has 134 valence electrons. The number of nitrogens with zero attached hydrogens (tertiary/aromatic N) is 4. The van der Waals surface area contributed by atoms with E-state index < -0.39 is 10.2 Å². The quantitative estimate of drug-likeness (QED) is 0.774. The van der Waals surface area contributed by atoms with Gasteiger partial charge in [-0.2, -0.15) is 8.42 Å². The van der Waals surface area contributed by atoms with E-state index in [0.29, 0.717) is 18.7 Å². The number of carbonyl (C=O) groups excluding carboxylic acids is 1. The number of benzene rings is 1. The number of rotatable bonds is 2. The van der Waals surface area contributed by atoms with Gasteiger partial charge in [-0.25, -0.2) is 4.31 Å². The molecule has 1 aromatic carbocycles. The normalized spacial score (nSPS) is 20.9. The molecule has 0 N–H and O–H groups in total. The topological polar surface area (TPSA) is 73.3 Å². The molecule has 7 nitrogen and oxygen atoms in total. The first-order chi connectivity index (χ1) is 11.8. The second-order valence-corrected chi connectivity index (χ2v) is 8.04. The van der Waals surface area contributed by atoms with Crippen LogP contribution < -0.4 is 0 Å². The van der Waals surface area contributed by atoms with Crippen LogP contribution in [-0.2, 0) is 15.0 Å². The predicted molar refractivity (Wildman–Crippen MR) is 96.6 cm³/mol. The van der Waals surface area contributed by atoms with E-state index >= 15 is 0 Å². The van der Waals surface area contributed by atoms with Crippen molar-refractivity contribution in [3.05, 3.63) is 47.2 Å². The molecule has 2 heterocycles. The van der Waals surface area contributed by atoms with Crippen molar-refractivity contribution in [2.24, 2.45) is 4.40 Å². The number of aryl methyl sites for hydroxylation is 1. The Balaban J connectivity index is 1.95. The van der Waals surface area contributed by atoms with Gasteiger partial charge in [0.15, 0.2) is 0 Å². The van der Waals surface area contributed by atoms with Crippen LogP contribution in [0.15, 0.2) is 40.4 Å². The minimum absolute atomic E-state index is 0.134. The highest BCUT2D eigenvalue weighted by Crippen LogP contribution is 2.22. The molecule has 0 aliphatic carbocycles. The molecule has 2 aliphatic heterocycles. The van der Waals surface area contributed by atoms with Gasteiger partial charge in [-0.05, 0) is 20.0 Å². The molecule has 1 saturated heterocycles. The molecule has 1 fully saturated rings. The highest BCUT2D eigenvalue weighted by atomic mass is 32.2. The van der Waals surface area contributed by atoms with Crippen molar-refractivity contribution in [1.82, 2.24) is 14.1 Å². The second kappa shape index (κ2) is 6.61. The Kier molecular flexibility index (Phi) is 4.66. The minimum atomic E-state index is -3.92. The van der Waals surface area contributed by atoms with E-state index in [4.69, 9.17) is 0 Å². The summed E-state index contributed by atoms with van der Waals surface area (Å²) in [5, 5.41) is 0. The first-order valence-corrected chi connectivity index (χ1v) is 9.53. The Hall–Kier alpha value is -2.19. The van der Waals surface area contributed by atoms with Crippen LogP contribution in [0.5, 0.6) is 0 Å². The van der Waals surface area contributed by atoms with Crippen LogP contribution in [-0.4, -0.2) is 74.4 Å². The Labute approximate surface area is 148 Å². The van der Waals surface area contributed by atoms with Crippen molar-refractivity contribution in [3.63, 3.8) is 0 Å². The van der Waals surface area contributed by atoms with Crippen LogP contribution in [0.3, 0.4) is 0 Å². The molecule has 0 spiro atoms. The number of allylic oxidation sites excluding steroid dienone is 1. The molecular weight excluding hydrogens is 340 g/mol. The first kappa shape index (κ1) is 17.6. The van der Waals surface area contributed by atoms with Crippen LogP contribution >= 0.6 is 0 Å². The van der Waals surface area contributed by atoms with Crippen LogP contribution in [0.4, 0.5) is 0 Å². The first-order valence-electron chi connectivity index (χ1n) is 8.13. The number of likely N-dealkylation sites (N-methyl/N-ethyl adjacent to an activating group) is 2.